The van der Waals surface area contributed by atoms with Crippen molar-refractivity contribution in [3.8, 4) is 0 Å². The number of fused-ring (bicyclic) bond motifs is 1. The lowest BCUT2D eigenvalue weighted by atomic mass is 9.85. The summed E-state index contributed by atoms with van der Waals surface area (Å²) in [7, 11) is 0. The number of nitrogens with zero attached hydrogens (tertiary/aromatic N) is 1. The number of amides is 2. The van der Waals surface area contributed by atoms with Crippen LogP contribution in [-0.4, -0.2) is 49.5 Å². The number of carbonyl (C=O) groups is 3. The summed E-state index contributed by atoms with van der Waals surface area (Å²) < 4.78 is -0.684. The SMILES string of the molecule is CC1(C)S[C@H]2N(C(=O)C2(C)NC(=O)C(N)c2ccc(Cl)cc2Cl)[C@H]1C(=O)O. The molecule has 2 aliphatic rings. The molecule has 0 aliphatic carbocycles. The quantitative estimate of drug-likeness (QED) is 0.628. The average molecular weight is 432 g/mol. The number of benzene rings is 1. The zero-order chi connectivity index (χ0) is 20.3. The lowest BCUT2D eigenvalue weighted by Gasteiger charge is -2.51. The summed E-state index contributed by atoms with van der Waals surface area (Å²) in [6.45, 7) is 5.12. The second-order valence-corrected chi connectivity index (χ2v) is 9.94. The van der Waals surface area contributed by atoms with Gasteiger partial charge in [-0.25, -0.2) is 4.79 Å². The molecule has 1 aromatic carbocycles. The summed E-state index contributed by atoms with van der Waals surface area (Å²) in [6.07, 6.45) is 0. The van der Waals surface area contributed by atoms with Crippen molar-refractivity contribution in [2.45, 2.75) is 48.5 Å². The van der Waals surface area contributed by atoms with Gasteiger partial charge in [-0.3, -0.25) is 9.59 Å². The first-order valence-electron chi connectivity index (χ1n) is 8.16. The molecule has 2 heterocycles. The number of carboxylic acid groups (broad SMARTS) is 1. The van der Waals surface area contributed by atoms with Crippen LogP contribution in [0.5, 0.6) is 0 Å². The molecule has 27 heavy (non-hydrogen) atoms. The average Bonchev–Trinajstić information content (AvgIpc) is 2.83. The van der Waals surface area contributed by atoms with Gasteiger partial charge in [0.2, 0.25) is 5.91 Å². The molecule has 4 N–H and O–H groups in total. The maximum atomic E-state index is 12.7. The standard InChI is InChI=1S/C17H19Cl2N3O4S/c1-16(2)11(13(24)25)22-14(26)17(3,15(22)27-16)21-12(23)10(20)8-5-4-7(18)6-9(8)19/h4-6,10-11,15H,20H2,1-3H3,(H,21,23)(H,24,25)/t10?,11-,15+,17?/m0/s1. The highest BCUT2D eigenvalue weighted by atomic mass is 35.5. The topological polar surface area (TPSA) is 113 Å². The van der Waals surface area contributed by atoms with Gasteiger partial charge in [-0.2, -0.15) is 0 Å². The molecule has 0 bridgehead atoms. The van der Waals surface area contributed by atoms with Crippen molar-refractivity contribution in [2.75, 3.05) is 0 Å². The van der Waals surface area contributed by atoms with Gasteiger partial charge in [0.1, 0.15) is 23.0 Å². The summed E-state index contributed by atoms with van der Waals surface area (Å²) in [4.78, 5) is 38.3. The molecule has 146 valence electrons. The highest BCUT2D eigenvalue weighted by Crippen LogP contribution is 2.54. The maximum absolute atomic E-state index is 12.7. The Morgan fingerprint density at radius 1 is 1.33 bits per heavy atom. The Kier molecular flexibility index (Phi) is 4.91. The van der Waals surface area contributed by atoms with Crippen molar-refractivity contribution in [3.63, 3.8) is 0 Å². The van der Waals surface area contributed by atoms with Crippen LogP contribution >= 0.6 is 35.0 Å². The monoisotopic (exact) mass is 431 g/mol. The van der Waals surface area contributed by atoms with Gasteiger partial charge in [-0.05, 0) is 38.5 Å². The van der Waals surface area contributed by atoms with Gasteiger partial charge in [0, 0.05) is 14.8 Å². The van der Waals surface area contributed by atoms with Crippen molar-refractivity contribution < 1.29 is 19.5 Å². The van der Waals surface area contributed by atoms with Crippen molar-refractivity contribution in [3.05, 3.63) is 33.8 Å². The van der Waals surface area contributed by atoms with E-state index in [-0.39, 0.29) is 5.02 Å². The molecule has 4 atom stereocenters. The second-order valence-electron chi connectivity index (χ2n) is 7.36. The first-order chi connectivity index (χ1) is 12.4. The Balaban J connectivity index is 1.81. The van der Waals surface area contributed by atoms with E-state index in [1.54, 1.807) is 32.9 Å². The molecular weight excluding hydrogens is 413 g/mol. The number of thioether (sulfide) groups is 1. The van der Waals surface area contributed by atoms with Crippen LogP contribution in [0.25, 0.3) is 0 Å². The Morgan fingerprint density at radius 3 is 2.52 bits per heavy atom. The molecule has 0 radical (unpaired) electrons. The lowest BCUT2D eigenvalue weighted by molar-refractivity contribution is -0.168. The van der Waals surface area contributed by atoms with E-state index in [1.165, 1.54) is 22.7 Å². The molecule has 0 spiro atoms. The fourth-order valence-corrected chi connectivity index (χ4v) is 5.74. The Labute approximate surface area is 170 Å². The van der Waals surface area contributed by atoms with E-state index in [0.29, 0.717) is 10.6 Å². The predicted molar refractivity (Wildman–Crippen MR) is 104 cm³/mol. The number of carbonyl (C=O) groups excluding carboxylic acids is 2. The van der Waals surface area contributed by atoms with Gasteiger partial charge in [0.15, 0.2) is 0 Å². The zero-order valence-corrected chi connectivity index (χ0v) is 17.2. The van der Waals surface area contributed by atoms with E-state index in [2.05, 4.69) is 5.32 Å². The summed E-state index contributed by atoms with van der Waals surface area (Å²) >= 11 is 13.3. The van der Waals surface area contributed by atoms with Gasteiger partial charge >= 0.3 is 5.97 Å². The number of rotatable bonds is 4. The molecule has 2 aliphatic heterocycles. The Hall–Kier alpha value is -1.48. The van der Waals surface area contributed by atoms with Crippen molar-refractivity contribution in [2.24, 2.45) is 5.73 Å². The first-order valence-corrected chi connectivity index (χ1v) is 9.79. The first kappa shape index (κ1) is 20.3. The Morgan fingerprint density at radius 2 is 1.96 bits per heavy atom. The smallest absolute Gasteiger partial charge is 0.327 e. The third kappa shape index (κ3) is 3.08. The van der Waals surface area contributed by atoms with Crippen LogP contribution in [0.15, 0.2) is 18.2 Å². The molecule has 3 rings (SSSR count). The Bertz CT molecular complexity index is 849. The van der Waals surface area contributed by atoms with Gasteiger partial charge in [-0.1, -0.05) is 29.3 Å². The van der Waals surface area contributed by atoms with Crippen LogP contribution in [0.3, 0.4) is 0 Å². The fraction of sp³-hybridized carbons (Fsp3) is 0.471. The predicted octanol–water partition coefficient (Wildman–Crippen LogP) is 2.01. The van der Waals surface area contributed by atoms with Crippen LogP contribution in [-0.2, 0) is 14.4 Å². The van der Waals surface area contributed by atoms with Gasteiger partial charge in [-0.15, -0.1) is 11.8 Å². The summed E-state index contributed by atoms with van der Waals surface area (Å²) in [5.41, 5.74) is 5.17. The van der Waals surface area contributed by atoms with Crippen molar-refractivity contribution in [1.82, 2.24) is 10.2 Å². The fourth-order valence-electron chi connectivity index (χ4n) is 3.57. The number of nitrogens with one attached hydrogen (secondary N) is 1. The number of halogens is 2. The molecular formula is C17H19Cl2N3O4S. The number of hydrogen-bond acceptors (Lipinski definition) is 5. The highest BCUT2D eigenvalue weighted by Gasteiger charge is 2.70. The number of hydrogen-bond donors (Lipinski definition) is 3. The maximum Gasteiger partial charge on any atom is 0.327 e. The minimum absolute atomic E-state index is 0.249. The number of aliphatic carboxylic acids is 1. The molecule has 7 nitrogen and oxygen atoms in total. The van der Waals surface area contributed by atoms with E-state index >= 15 is 0 Å². The number of nitrogens with two attached hydrogens (primary N) is 1. The number of carboxylic acids is 1. The summed E-state index contributed by atoms with van der Waals surface area (Å²) in [5.74, 6) is -2.09. The molecule has 1 aromatic rings. The third-order valence-electron chi connectivity index (χ3n) is 4.97. The molecule has 0 saturated carbocycles. The molecule has 2 saturated heterocycles. The van der Waals surface area contributed by atoms with E-state index in [0.717, 1.165) is 0 Å². The molecule has 0 aromatic heterocycles. The highest BCUT2D eigenvalue weighted by molar-refractivity contribution is 8.01. The lowest BCUT2D eigenvalue weighted by Crippen LogP contribution is -2.78. The second kappa shape index (κ2) is 6.55. The summed E-state index contributed by atoms with van der Waals surface area (Å²) in [6, 6.07) is 2.56. The normalized spacial score (nSPS) is 29.7. The van der Waals surface area contributed by atoms with E-state index in [1.807, 2.05) is 0 Å². The van der Waals surface area contributed by atoms with Crippen LogP contribution in [0.1, 0.15) is 32.4 Å². The van der Waals surface area contributed by atoms with E-state index in [4.69, 9.17) is 28.9 Å². The minimum Gasteiger partial charge on any atom is -0.480 e. The third-order valence-corrected chi connectivity index (χ3v) is 7.29. The largest absolute Gasteiger partial charge is 0.480 e. The van der Waals surface area contributed by atoms with Crippen LogP contribution in [0.4, 0.5) is 0 Å². The van der Waals surface area contributed by atoms with Crippen LogP contribution < -0.4 is 11.1 Å². The van der Waals surface area contributed by atoms with Crippen molar-refractivity contribution >= 4 is 52.7 Å². The summed E-state index contributed by atoms with van der Waals surface area (Å²) in [5, 5.41) is 12.4. The van der Waals surface area contributed by atoms with Gasteiger partial charge < -0.3 is 21.1 Å². The molecule has 2 fully saturated rings. The van der Waals surface area contributed by atoms with Crippen molar-refractivity contribution in [1.29, 1.82) is 0 Å². The number of β-lactam (4-membered cyclic amide) rings is 1. The van der Waals surface area contributed by atoms with Crippen LogP contribution in [0, 0.1) is 0 Å². The van der Waals surface area contributed by atoms with Gasteiger partial charge in [0.25, 0.3) is 5.91 Å². The molecule has 10 heteroatoms. The molecule has 2 amide bonds. The van der Waals surface area contributed by atoms with Crippen LogP contribution in [0.2, 0.25) is 10.0 Å². The van der Waals surface area contributed by atoms with E-state index in [9.17, 15) is 19.5 Å². The van der Waals surface area contributed by atoms with E-state index < -0.39 is 45.5 Å². The minimum atomic E-state index is -1.24. The molecule has 2 unspecified atom stereocenters. The van der Waals surface area contributed by atoms with Gasteiger partial charge in [0.05, 0.1) is 0 Å². The zero-order valence-electron chi connectivity index (χ0n) is 14.8.